The minimum absolute atomic E-state index is 0.0128. The van der Waals surface area contributed by atoms with Crippen LogP contribution in [0.1, 0.15) is 20.7 Å². The lowest BCUT2D eigenvalue weighted by atomic mass is 9.99. The smallest absolute Gasteiger partial charge is 0.233 e. The Labute approximate surface area is 183 Å². The number of ketones is 2. The van der Waals surface area contributed by atoms with Crippen molar-refractivity contribution in [2.75, 3.05) is 20.8 Å². The van der Waals surface area contributed by atoms with Crippen molar-refractivity contribution in [3.63, 3.8) is 0 Å². The Bertz CT molecular complexity index is 951. The molecule has 0 saturated carbocycles. The lowest BCUT2D eigenvalue weighted by molar-refractivity contribution is -0.277. The Kier molecular flexibility index (Phi) is 7.44. The molecule has 10 nitrogen and oxygen atoms in total. The fraction of sp³-hybridized carbons (Fsp3) is 0.364. The fourth-order valence-corrected chi connectivity index (χ4v) is 3.21. The number of aliphatic hydroxyl groups is 4. The topological polar surface area (TPSA) is 152 Å². The van der Waals surface area contributed by atoms with Gasteiger partial charge in [-0.25, -0.2) is 0 Å². The molecule has 0 aromatic heterocycles. The maximum Gasteiger partial charge on any atom is 0.233 e. The lowest BCUT2D eigenvalue weighted by Gasteiger charge is -2.39. The SMILES string of the molecule is COc1cc(OC)cc(C(=O)C(=O)c2cccc(O[C@@H]3O[C@H](CO)[C@@H](O)[C@H](O)[C@H]3O)c2)c1. The van der Waals surface area contributed by atoms with Gasteiger partial charge in [-0.05, 0) is 24.3 Å². The summed E-state index contributed by atoms with van der Waals surface area (Å²) < 4.78 is 21.0. The van der Waals surface area contributed by atoms with Crippen molar-refractivity contribution in [1.29, 1.82) is 0 Å². The molecule has 0 unspecified atom stereocenters. The molecule has 4 N–H and O–H groups in total. The Morgan fingerprint density at radius 2 is 1.44 bits per heavy atom. The van der Waals surface area contributed by atoms with Crippen LogP contribution in [0.3, 0.4) is 0 Å². The van der Waals surface area contributed by atoms with E-state index in [1.54, 1.807) is 6.07 Å². The number of aliphatic hydroxyl groups excluding tert-OH is 4. The highest BCUT2D eigenvalue weighted by Gasteiger charge is 2.44. The van der Waals surface area contributed by atoms with Gasteiger partial charge in [-0.2, -0.15) is 0 Å². The molecule has 3 rings (SSSR count). The average molecular weight is 448 g/mol. The number of benzene rings is 2. The van der Waals surface area contributed by atoms with E-state index in [-0.39, 0.29) is 16.9 Å². The molecule has 1 aliphatic rings. The molecular weight excluding hydrogens is 424 g/mol. The van der Waals surface area contributed by atoms with Crippen LogP contribution in [0, 0.1) is 0 Å². The molecule has 1 aliphatic heterocycles. The first-order valence-corrected chi connectivity index (χ1v) is 9.68. The van der Waals surface area contributed by atoms with Crippen LogP contribution in [0.15, 0.2) is 42.5 Å². The second-order valence-electron chi connectivity index (χ2n) is 7.10. The van der Waals surface area contributed by atoms with Crippen molar-refractivity contribution < 1.29 is 49.0 Å². The second kappa shape index (κ2) is 10.1. The summed E-state index contributed by atoms with van der Waals surface area (Å²) in [5, 5.41) is 39.1. The van der Waals surface area contributed by atoms with Crippen molar-refractivity contribution in [3.8, 4) is 17.2 Å². The Morgan fingerprint density at radius 1 is 0.844 bits per heavy atom. The average Bonchev–Trinajstić information content (AvgIpc) is 2.83. The van der Waals surface area contributed by atoms with E-state index in [1.807, 2.05) is 0 Å². The molecule has 5 atom stereocenters. The second-order valence-corrected chi connectivity index (χ2v) is 7.10. The molecule has 0 bridgehead atoms. The van der Waals surface area contributed by atoms with E-state index < -0.39 is 48.9 Å². The van der Waals surface area contributed by atoms with Gasteiger partial charge >= 0.3 is 0 Å². The summed E-state index contributed by atoms with van der Waals surface area (Å²) in [6.45, 7) is -0.609. The molecule has 0 amide bonds. The van der Waals surface area contributed by atoms with Crippen LogP contribution < -0.4 is 14.2 Å². The Balaban J connectivity index is 1.80. The first-order chi connectivity index (χ1) is 15.3. The van der Waals surface area contributed by atoms with Gasteiger partial charge in [0.2, 0.25) is 17.9 Å². The number of methoxy groups -OCH3 is 2. The van der Waals surface area contributed by atoms with Crippen LogP contribution in [-0.2, 0) is 4.74 Å². The van der Waals surface area contributed by atoms with E-state index in [1.165, 1.54) is 50.6 Å². The normalized spacial score (nSPS) is 25.1. The molecular formula is C22H24O10. The Hall–Kier alpha value is -3.02. The standard InChI is InChI=1S/C22H24O10/c1-29-14-7-12(8-15(9-14)30-2)18(25)17(24)11-4-3-5-13(6-11)31-22-21(28)20(27)19(26)16(10-23)32-22/h3-9,16,19-23,26-28H,10H2,1-2H3/t16-,19-,20+,21-,22-/m1/s1. The van der Waals surface area contributed by atoms with Gasteiger partial charge in [0.05, 0.1) is 20.8 Å². The molecule has 1 heterocycles. The summed E-state index contributed by atoms with van der Waals surface area (Å²) in [6.07, 6.45) is -7.32. The van der Waals surface area contributed by atoms with E-state index >= 15 is 0 Å². The fourth-order valence-electron chi connectivity index (χ4n) is 3.21. The third-order valence-electron chi connectivity index (χ3n) is 5.02. The first-order valence-electron chi connectivity index (χ1n) is 9.68. The summed E-state index contributed by atoms with van der Waals surface area (Å²) in [7, 11) is 2.84. The maximum absolute atomic E-state index is 12.8. The first kappa shape index (κ1) is 23.6. The monoisotopic (exact) mass is 448 g/mol. The summed E-state index contributed by atoms with van der Waals surface area (Å²) in [5.74, 6) is -0.858. The third-order valence-corrected chi connectivity index (χ3v) is 5.02. The summed E-state index contributed by atoms with van der Waals surface area (Å²) in [5.41, 5.74) is 0.0883. The van der Waals surface area contributed by atoms with Crippen LogP contribution >= 0.6 is 0 Å². The van der Waals surface area contributed by atoms with Gasteiger partial charge in [-0.3, -0.25) is 9.59 Å². The zero-order valence-corrected chi connectivity index (χ0v) is 17.4. The molecule has 2 aromatic carbocycles. The van der Waals surface area contributed by atoms with E-state index in [0.29, 0.717) is 11.5 Å². The predicted molar refractivity (Wildman–Crippen MR) is 109 cm³/mol. The number of Topliss-reactive ketones (excluding diaryl/α,β-unsaturated/α-hetero) is 2. The van der Waals surface area contributed by atoms with Gasteiger partial charge in [0.1, 0.15) is 41.7 Å². The molecule has 0 spiro atoms. The summed E-state index contributed by atoms with van der Waals surface area (Å²) in [6, 6.07) is 10.0. The zero-order chi connectivity index (χ0) is 23.4. The lowest BCUT2D eigenvalue weighted by Crippen LogP contribution is -2.60. The number of rotatable bonds is 8. The van der Waals surface area contributed by atoms with Gasteiger partial charge in [0.25, 0.3) is 0 Å². The van der Waals surface area contributed by atoms with Crippen LogP contribution in [0.25, 0.3) is 0 Å². The van der Waals surface area contributed by atoms with Crippen molar-refractivity contribution in [2.24, 2.45) is 0 Å². The largest absolute Gasteiger partial charge is 0.497 e. The molecule has 0 radical (unpaired) electrons. The van der Waals surface area contributed by atoms with Crippen molar-refractivity contribution >= 4 is 11.6 Å². The van der Waals surface area contributed by atoms with E-state index in [2.05, 4.69) is 0 Å². The van der Waals surface area contributed by atoms with Gasteiger partial charge in [0, 0.05) is 17.2 Å². The van der Waals surface area contributed by atoms with Crippen LogP contribution in [0.4, 0.5) is 0 Å². The minimum Gasteiger partial charge on any atom is -0.497 e. The molecule has 32 heavy (non-hydrogen) atoms. The van der Waals surface area contributed by atoms with Gasteiger partial charge in [-0.1, -0.05) is 12.1 Å². The van der Waals surface area contributed by atoms with Crippen molar-refractivity contribution in [2.45, 2.75) is 30.7 Å². The number of hydrogen-bond donors (Lipinski definition) is 4. The number of carbonyl (C=O) groups is 2. The highest BCUT2D eigenvalue weighted by molar-refractivity contribution is 6.49. The number of carbonyl (C=O) groups excluding carboxylic acids is 2. The van der Waals surface area contributed by atoms with Gasteiger partial charge in [-0.15, -0.1) is 0 Å². The highest BCUT2D eigenvalue weighted by Crippen LogP contribution is 2.26. The van der Waals surface area contributed by atoms with Crippen molar-refractivity contribution in [1.82, 2.24) is 0 Å². The quantitative estimate of drug-likeness (QED) is 0.319. The Morgan fingerprint density at radius 3 is 2.03 bits per heavy atom. The summed E-state index contributed by atoms with van der Waals surface area (Å²) in [4.78, 5) is 25.5. The van der Waals surface area contributed by atoms with E-state index in [4.69, 9.17) is 18.9 Å². The molecule has 1 fully saturated rings. The number of ether oxygens (including phenoxy) is 4. The molecule has 1 saturated heterocycles. The highest BCUT2D eigenvalue weighted by atomic mass is 16.7. The van der Waals surface area contributed by atoms with Crippen molar-refractivity contribution in [3.05, 3.63) is 53.6 Å². The molecule has 2 aromatic rings. The number of hydrogen-bond acceptors (Lipinski definition) is 10. The summed E-state index contributed by atoms with van der Waals surface area (Å²) >= 11 is 0. The van der Waals surface area contributed by atoms with Crippen LogP contribution in [0.2, 0.25) is 0 Å². The van der Waals surface area contributed by atoms with Gasteiger partial charge < -0.3 is 39.4 Å². The molecule has 0 aliphatic carbocycles. The van der Waals surface area contributed by atoms with Crippen LogP contribution in [-0.4, -0.2) is 83.5 Å². The third kappa shape index (κ3) is 4.90. The maximum atomic E-state index is 12.8. The van der Waals surface area contributed by atoms with E-state index in [0.717, 1.165) is 0 Å². The molecule has 10 heteroatoms. The predicted octanol–water partition coefficient (Wildman–Crippen LogP) is -0.0519. The zero-order valence-electron chi connectivity index (χ0n) is 17.4. The van der Waals surface area contributed by atoms with Gasteiger partial charge in [0.15, 0.2) is 0 Å². The van der Waals surface area contributed by atoms with Crippen LogP contribution in [0.5, 0.6) is 17.2 Å². The molecule has 172 valence electrons. The minimum atomic E-state index is -1.61. The van der Waals surface area contributed by atoms with E-state index in [9.17, 15) is 30.0 Å².